The Balaban J connectivity index is 1.77. The van der Waals surface area contributed by atoms with Crippen molar-refractivity contribution in [3.05, 3.63) is 51.3 Å². The Morgan fingerprint density at radius 1 is 1.43 bits per heavy atom. The van der Waals surface area contributed by atoms with Crippen LogP contribution in [0.1, 0.15) is 18.2 Å². The van der Waals surface area contributed by atoms with Gasteiger partial charge in [-0.05, 0) is 0 Å². The van der Waals surface area contributed by atoms with Gasteiger partial charge in [-0.2, -0.15) is 0 Å². The first-order chi connectivity index (χ1) is 13.2. The maximum atomic E-state index is 12.1. The summed E-state index contributed by atoms with van der Waals surface area (Å²) in [5, 5.41) is 10.00. The van der Waals surface area contributed by atoms with Crippen LogP contribution in [0.15, 0.2) is 34.5 Å². The van der Waals surface area contributed by atoms with Crippen LogP contribution in [0.5, 0.6) is 0 Å². The van der Waals surface area contributed by atoms with E-state index >= 15 is 0 Å². The lowest BCUT2D eigenvalue weighted by molar-refractivity contribution is -0.0451. The average molecular weight is 412 g/mol. The van der Waals surface area contributed by atoms with Crippen LogP contribution < -0.4 is 11.2 Å². The monoisotopic (exact) mass is 412 g/mol. The van der Waals surface area contributed by atoms with Gasteiger partial charge in [-0.1, -0.05) is 11.8 Å². The molecule has 0 radical (unpaired) electrons. The van der Waals surface area contributed by atoms with Gasteiger partial charge in [0, 0.05) is 25.0 Å². The van der Waals surface area contributed by atoms with Gasteiger partial charge in [-0.15, -0.1) is 0 Å². The number of ether oxygens (including phenoxy) is 1. The highest BCUT2D eigenvalue weighted by Gasteiger charge is 2.37. The summed E-state index contributed by atoms with van der Waals surface area (Å²) in [6.45, 7) is -0.267. The van der Waals surface area contributed by atoms with Crippen LogP contribution in [0.4, 0.5) is 0 Å². The second-order valence-electron chi connectivity index (χ2n) is 5.96. The van der Waals surface area contributed by atoms with Crippen molar-refractivity contribution in [3.63, 3.8) is 0 Å². The SMILES string of the molecule is O=c1[nH]c(=O)n([C@H]2C[C@H](O)[C@@H](COP(=O)(O)O)O2)cc1C#CCn1ccnc1. The summed E-state index contributed by atoms with van der Waals surface area (Å²) in [5.41, 5.74) is -1.41. The summed E-state index contributed by atoms with van der Waals surface area (Å²) in [7, 11) is -4.73. The number of phosphoric ester groups is 1. The molecule has 3 atom stereocenters. The van der Waals surface area contributed by atoms with Gasteiger partial charge in [-0.25, -0.2) is 14.3 Å². The molecular weight excluding hydrogens is 395 g/mol. The van der Waals surface area contributed by atoms with E-state index in [0.29, 0.717) is 6.54 Å². The molecule has 2 aromatic rings. The van der Waals surface area contributed by atoms with Crippen LogP contribution in [0.25, 0.3) is 0 Å². The van der Waals surface area contributed by atoms with E-state index in [-0.39, 0.29) is 12.0 Å². The first-order valence-corrected chi connectivity index (χ1v) is 9.59. The fraction of sp³-hybridized carbons (Fsp3) is 0.400. The molecule has 4 N–H and O–H groups in total. The van der Waals surface area contributed by atoms with Gasteiger partial charge in [0.25, 0.3) is 5.56 Å². The zero-order chi connectivity index (χ0) is 20.3. The summed E-state index contributed by atoms with van der Waals surface area (Å²) in [5.74, 6) is 5.44. The van der Waals surface area contributed by atoms with Crippen LogP contribution in [0, 0.1) is 11.8 Å². The number of aliphatic hydroxyl groups excluding tert-OH is 1. The van der Waals surface area contributed by atoms with Gasteiger partial charge in [-0.3, -0.25) is 18.9 Å². The molecular formula is C15H17N4O8P. The predicted molar refractivity (Wildman–Crippen MR) is 93.0 cm³/mol. The van der Waals surface area contributed by atoms with Crippen LogP contribution in [-0.2, 0) is 20.4 Å². The molecule has 13 heteroatoms. The number of hydrogen-bond acceptors (Lipinski definition) is 7. The Morgan fingerprint density at radius 3 is 2.89 bits per heavy atom. The Kier molecular flexibility index (Phi) is 5.95. The number of nitrogens with one attached hydrogen (secondary N) is 1. The van der Waals surface area contributed by atoms with E-state index < -0.39 is 44.1 Å². The highest BCUT2D eigenvalue weighted by atomic mass is 31.2. The Morgan fingerprint density at radius 2 is 2.21 bits per heavy atom. The van der Waals surface area contributed by atoms with Crippen molar-refractivity contribution >= 4 is 7.82 Å². The first kappa shape index (κ1) is 20.2. The van der Waals surface area contributed by atoms with E-state index in [1.165, 1.54) is 6.20 Å². The maximum Gasteiger partial charge on any atom is 0.469 e. The third-order valence-corrected chi connectivity index (χ3v) is 4.42. The number of hydrogen-bond donors (Lipinski definition) is 4. The number of nitrogens with zero attached hydrogens (tertiary/aromatic N) is 3. The minimum atomic E-state index is -4.73. The molecule has 3 rings (SSSR count). The van der Waals surface area contributed by atoms with E-state index in [9.17, 15) is 19.3 Å². The summed E-state index contributed by atoms with van der Waals surface area (Å²) < 4.78 is 23.3. The highest BCUT2D eigenvalue weighted by Crippen LogP contribution is 2.38. The summed E-state index contributed by atoms with van der Waals surface area (Å²) in [6.07, 6.45) is 2.90. The molecule has 0 aliphatic carbocycles. The van der Waals surface area contributed by atoms with Gasteiger partial charge >= 0.3 is 13.5 Å². The lowest BCUT2D eigenvalue weighted by Gasteiger charge is -2.16. The molecule has 0 amide bonds. The Hall–Kier alpha value is -2.52. The molecule has 1 saturated heterocycles. The first-order valence-electron chi connectivity index (χ1n) is 8.06. The van der Waals surface area contributed by atoms with Crippen molar-refractivity contribution in [1.29, 1.82) is 0 Å². The topological polar surface area (TPSA) is 169 Å². The van der Waals surface area contributed by atoms with Gasteiger partial charge in [0.1, 0.15) is 17.9 Å². The van der Waals surface area contributed by atoms with Crippen LogP contribution >= 0.6 is 7.82 Å². The molecule has 1 aliphatic heterocycles. The molecule has 150 valence electrons. The van der Waals surface area contributed by atoms with Crippen molar-refractivity contribution in [3.8, 4) is 11.8 Å². The molecule has 0 saturated carbocycles. The number of phosphoric acid groups is 1. The summed E-state index contributed by atoms with van der Waals surface area (Å²) in [4.78, 5) is 47.5. The number of aromatic nitrogens is 4. The number of H-pyrrole nitrogens is 1. The maximum absolute atomic E-state index is 12.1. The Bertz CT molecular complexity index is 1040. The lowest BCUT2D eigenvalue weighted by atomic mass is 10.2. The molecule has 3 heterocycles. The molecule has 2 aromatic heterocycles. The molecule has 0 unspecified atom stereocenters. The van der Waals surface area contributed by atoms with Gasteiger partial charge < -0.3 is 24.2 Å². The second kappa shape index (κ2) is 8.24. The van der Waals surface area contributed by atoms with Crippen LogP contribution in [0.2, 0.25) is 0 Å². The lowest BCUT2D eigenvalue weighted by Crippen LogP contribution is -2.33. The van der Waals surface area contributed by atoms with Crippen molar-refractivity contribution in [1.82, 2.24) is 19.1 Å². The minimum absolute atomic E-state index is 0.0210. The highest BCUT2D eigenvalue weighted by molar-refractivity contribution is 7.46. The molecule has 28 heavy (non-hydrogen) atoms. The van der Waals surface area contributed by atoms with Crippen molar-refractivity contribution < 1.29 is 28.7 Å². The van der Waals surface area contributed by atoms with E-state index in [4.69, 9.17) is 14.5 Å². The number of aromatic amines is 1. The van der Waals surface area contributed by atoms with Gasteiger partial charge in [0.15, 0.2) is 0 Å². The Labute approximate surface area is 157 Å². The summed E-state index contributed by atoms with van der Waals surface area (Å²) in [6, 6.07) is 0. The summed E-state index contributed by atoms with van der Waals surface area (Å²) >= 11 is 0. The fourth-order valence-corrected chi connectivity index (χ4v) is 2.94. The normalized spacial score (nSPS) is 22.0. The zero-order valence-electron chi connectivity index (χ0n) is 14.3. The molecule has 0 spiro atoms. The average Bonchev–Trinajstić information content (AvgIpc) is 3.24. The number of aliphatic hydroxyl groups is 1. The molecule has 0 bridgehead atoms. The molecule has 1 aliphatic rings. The van der Waals surface area contributed by atoms with Crippen molar-refractivity contribution in [2.24, 2.45) is 0 Å². The number of imidazole rings is 1. The fourth-order valence-electron chi connectivity index (χ4n) is 2.60. The second-order valence-corrected chi connectivity index (χ2v) is 7.20. The third-order valence-electron chi connectivity index (χ3n) is 3.93. The van der Waals surface area contributed by atoms with E-state index in [2.05, 4.69) is 26.3 Å². The molecule has 1 fully saturated rings. The molecule has 12 nitrogen and oxygen atoms in total. The van der Waals surface area contributed by atoms with E-state index in [1.807, 2.05) is 0 Å². The third kappa shape index (κ3) is 5.05. The van der Waals surface area contributed by atoms with Crippen molar-refractivity contribution in [2.75, 3.05) is 6.61 Å². The van der Waals surface area contributed by atoms with Gasteiger partial charge in [0.05, 0.1) is 25.6 Å². The van der Waals surface area contributed by atoms with Crippen LogP contribution in [-0.4, -0.2) is 52.8 Å². The van der Waals surface area contributed by atoms with Crippen molar-refractivity contribution in [2.45, 2.75) is 31.4 Å². The zero-order valence-corrected chi connectivity index (χ0v) is 15.2. The van der Waals surface area contributed by atoms with Gasteiger partial charge in [0.2, 0.25) is 0 Å². The smallest absolute Gasteiger partial charge is 0.390 e. The van der Waals surface area contributed by atoms with E-state index in [0.717, 1.165) is 4.57 Å². The minimum Gasteiger partial charge on any atom is -0.390 e. The van der Waals surface area contributed by atoms with E-state index in [1.54, 1.807) is 23.3 Å². The quantitative estimate of drug-likeness (QED) is 0.339. The number of rotatable bonds is 5. The van der Waals surface area contributed by atoms with Crippen LogP contribution in [0.3, 0.4) is 0 Å². The predicted octanol–water partition coefficient (Wildman–Crippen LogP) is -1.46. The largest absolute Gasteiger partial charge is 0.469 e. The standard InChI is InChI=1S/C15H17N4O8P/c20-11-6-13(27-12(11)8-26-28(23,24)25)19-7-10(14(21)17-15(19)22)2-1-4-18-5-3-16-9-18/h3,5,7,9,11-13,20H,4,6,8H2,(H,17,21,22)(H2,23,24,25)/t11-,12+,13+/m0/s1. The molecule has 0 aromatic carbocycles.